The van der Waals surface area contributed by atoms with Crippen LogP contribution in [0, 0.1) is 11.3 Å². The Kier molecular flexibility index (Phi) is 3.65. The fourth-order valence-electron chi connectivity index (χ4n) is 4.39. The molecule has 2 saturated carbocycles. The van der Waals surface area contributed by atoms with Crippen LogP contribution in [0.3, 0.4) is 0 Å². The monoisotopic (exact) mass is 284 g/mol. The SMILES string of the molecule is CC(C)(C)C1C(O)CCCC12OOC1(CCCCC1)O2. The van der Waals surface area contributed by atoms with E-state index in [0.29, 0.717) is 0 Å². The van der Waals surface area contributed by atoms with Crippen LogP contribution in [0.2, 0.25) is 0 Å². The highest BCUT2D eigenvalue weighted by atomic mass is 17.3. The van der Waals surface area contributed by atoms with Gasteiger partial charge >= 0.3 is 0 Å². The first-order valence-corrected chi connectivity index (χ1v) is 8.12. The van der Waals surface area contributed by atoms with Gasteiger partial charge in [-0.25, -0.2) is 0 Å². The van der Waals surface area contributed by atoms with Gasteiger partial charge in [0.1, 0.15) is 0 Å². The molecule has 0 aromatic heterocycles. The molecule has 0 aromatic carbocycles. The van der Waals surface area contributed by atoms with E-state index >= 15 is 0 Å². The molecule has 3 fully saturated rings. The summed E-state index contributed by atoms with van der Waals surface area (Å²) in [4.78, 5) is 11.5. The second-order valence-electron chi connectivity index (χ2n) is 7.86. The molecular formula is C16H28O4. The van der Waals surface area contributed by atoms with E-state index < -0.39 is 11.6 Å². The van der Waals surface area contributed by atoms with E-state index in [1.54, 1.807) is 0 Å². The Balaban J connectivity index is 1.86. The zero-order chi connectivity index (χ0) is 14.4. The average Bonchev–Trinajstić information content (AvgIpc) is 2.67. The van der Waals surface area contributed by atoms with Gasteiger partial charge in [-0.2, -0.15) is 9.78 Å². The Hall–Kier alpha value is -0.160. The molecule has 1 saturated heterocycles. The zero-order valence-corrected chi connectivity index (χ0v) is 13.0. The average molecular weight is 284 g/mol. The molecule has 20 heavy (non-hydrogen) atoms. The molecule has 3 rings (SSSR count). The molecule has 0 bridgehead atoms. The maximum atomic E-state index is 10.5. The molecule has 116 valence electrons. The van der Waals surface area contributed by atoms with E-state index in [2.05, 4.69) is 20.8 Å². The van der Waals surface area contributed by atoms with Crippen LogP contribution in [0.1, 0.15) is 72.1 Å². The van der Waals surface area contributed by atoms with Gasteiger partial charge in [-0.3, -0.25) is 0 Å². The third-order valence-electron chi connectivity index (χ3n) is 5.13. The van der Waals surface area contributed by atoms with Gasteiger partial charge in [0.2, 0.25) is 11.6 Å². The largest absolute Gasteiger partial charge is 0.393 e. The van der Waals surface area contributed by atoms with E-state index in [9.17, 15) is 5.11 Å². The molecule has 4 nitrogen and oxygen atoms in total. The van der Waals surface area contributed by atoms with Crippen LogP contribution < -0.4 is 0 Å². The lowest BCUT2D eigenvalue weighted by Crippen LogP contribution is -2.55. The predicted molar refractivity (Wildman–Crippen MR) is 74.6 cm³/mol. The normalized spacial score (nSPS) is 41.4. The summed E-state index contributed by atoms with van der Waals surface area (Å²) in [6.07, 6.45) is 7.48. The Bertz CT molecular complexity index is 356. The quantitative estimate of drug-likeness (QED) is 0.691. The van der Waals surface area contributed by atoms with Crippen LogP contribution in [-0.4, -0.2) is 22.8 Å². The van der Waals surface area contributed by atoms with E-state index in [1.807, 2.05) is 0 Å². The molecule has 0 radical (unpaired) electrons. The molecule has 3 aliphatic rings. The number of hydrogen-bond acceptors (Lipinski definition) is 4. The topological polar surface area (TPSA) is 47.9 Å². The molecular weight excluding hydrogens is 256 g/mol. The summed E-state index contributed by atoms with van der Waals surface area (Å²) < 4.78 is 6.42. The highest BCUT2D eigenvalue weighted by Crippen LogP contribution is 2.54. The van der Waals surface area contributed by atoms with Crippen LogP contribution in [0.15, 0.2) is 0 Å². The lowest BCUT2D eigenvalue weighted by Gasteiger charge is -2.47. The highest BCUT2D eigenvalue weighted by Gasteiger charge is 2.62. The Morgan fingerprint density at radius 1 is 0.950 bits per heavy atom. The lowest BCUT2D eigenvalue weighted by molar-refractivity contribution is -0.377. The van der Waals surface area contributed by atoms with Crippen molar-refractivity contribution in [2.75, 3.05) is 0 Å². The van der Waals surface area contributed by atoms with Crippen LogP contribution in [0.5, 0.6) is 0 Å². The minimum absolute atomic E-state index is 0.0509. The van der Waals surface area contributed by atoms with Gasteiger partial charge < -0.3 is 9.84 Å². The van der Waals surface area contributed by atoms with Crippen molar-refractivity contribution in [3.8, 4) is 0 Å². The Morgan fingerprint density at radius 3 is 2.30 bits per heavy atom. The molecule has 0 amide bonds. The van der Waals surface area contributed by atoms with Crippen LogP contribution in [-0.2, 0) is 14.5 Å². The van der Waals surface area contributed by atoms with Crippen LogP contribution >= 0.6 is 0 Å². The number of aliphatic hydroxyl groups excluding tert-OH is 1. The van der Waals surface area contributed by atoms with Gasteiger partial charge in [0, 0.05) is 25.2 Å². The van der Waals surface area contributed by atoms with Crippen molar-refractivity contribution in [2.45, 2.75) is 89.8 Å². The number of ether oxygens (including phenoxy) is 1. The minimum atomic E-state index is -0.757. The van der Waals surface area contributed by atoms with Crippen molar-refractivity contribution >= 4 is 0 Å². The van der Waals surface area contributed by atoms with E-state index in [4.69, 9.17) is 14.5 Å². The molecule has 3 unspecified atom stereocenters. The number of aliphatic hydroxyl groups is 1. The summed E-state index contributed by atoms with van der Waals surface area (Å²) in [7, 11) is 0. The van der Waals surface area contributed by atoms with Gasteiger partial charge in [0.25, 0.3) is 0 Å². The van der Waals surface area contributed by atoms with Crippen molar-refractivity contribution < 1.29 is 19.6 Å². The molecule has 2 spiro atoms. The van der Waals surface area contributed by atoms with Gasteiger partial charge in [-0.05, 0) is 31.1 Å². The molecule has 1 N–H and O–H groups in total. The zero-order valence-electron chi connectivity index (χ0n) is 13.0. The summed E-state index contributed by atoms with van der Waals surface area (Å²) in [5.74, 6) is -1.36. The summed E-state index contributed by atoms with van der Waals surface area (Å²) >= 11 is 0. The third-order valence-corrected chi connectivity index (χ3v) is 5.13. The van der Waals surface area contributed by atoms with Gasteiger partial charge in [0.05, 0.1) is 6.10 Å². The lowest BCUT2D eigenvalue weighted by atomic mass is 9.67. The number of rotatable bonds is 0. The van der Waals surface area contributed by atoms with E-state index in [-0.39, 0.29) is 17.4 Å². The van der Waals surface area contributed by atoms with E-state index in [1.165, 1.54) is 6.42 Å². The minimum Gasteiger partial charge on any atom is -0.393 e. The number of hydrogen-bond donors (Lipinski definition) is 1. The van der Waals surface area contributed by atoms with Crippen molar-refractivity contribution in [1.82, 2.24) is 0 Å². The van der Waals surface area contributed by atoms with Gasteiger partial charge in [0.15, 0.2) is 0 Å². The molecule has 4 heteroatoms. The first-order chi connectivity index (χ1) is 9.37. The van der Waals surface area contributed by atoms with Gasteiger partial charge in [-0.15, -0.1) is 0 Å². The molecule has 0 aromatic rings. The van der Waals surface area contributed by atoms with Crippen LogP contribution in [0.4, 0.5) is 0 Å². The summed E-state index contributed by atoms with van der Waals surface area (Å²) in [5.41, 5.74) is -0.0800. The smallest absolute Gasteiger partial charge is 0.210 e. The molecule has 1 heterocycles. The summed E-state index contributed by atoms with van der Waals surface area (Å²) in [6.45, 7) is 6.44. The first-order valence-electron chi connectivity index (χ1n) is 8.12. The maximum absolute atomic E-state index is 10.5. The first kappa shape index (κ1) is 14.8. The van der Waals surface area contributed by atoms with Crippen molar-refractivity contribution in [3.05, 3.63) is 0 Å². The highest BCUT2D eigenvalue weighted by molar-refractivity contribution is 4.98. The van der Waals surface area contributed by atoms with Crippen molar-refractivity contribution in [1.29, 1.82) is 0 Å². The second kappa shape index (κ2) is 4.94. The second-order valence-corrected chi connectivity index (χ2v) is 7.86. The van der Waals surface area contributed by atoms with Crippen molar-refractivity contribution in [2.24, 2.45) is 11.3 Å². The fraction of sp³-hybridized carbons (Fsp3) is 1.00. The summed E-state index contributed by atoms with van der Waals surface area (Å²) in [6, 6.07) is 0. The fourth-order valence-corrected chi connectivity index (χ4v) is 4.39. The predicted octanol–water partition coefficient (Wildman–Crippen LogP) is 3.53. The standard InChI is InChI=1S/C16H28O4/c1-14(2,3)13-12(17)8-7-11-16(13)18-15(19-20-16)9-5-4-6-10-15/h12-13,17H,4-11H2,1-3H3. The molecule has 1 aliphatic heterocycles. The Morgan fingerprint density at radius 2 is 1.65 bits per heavy atom. The molecule has 2 aliphatic carbocycles. The summed E-state index contributed by atoms with van der Waals surface area (Å²) in [5, 5.41) is 10.5. The molecule has 3 atom stereocenters. The van der Waals surface area contributed by atoms with Gasteiger partial charge in [-0.1, -0.05) is 27.2 Å². The van der Waals surface area contributed by atoms with Crippen molar-refractivity contribution in [3.63, 3.8) is 0 Å². The maximum Gasteiger partial charge on any atom is 0.210 e. The third kappa shape index (κ3) is 2.41. The Labute approximate surface area is 121 Å². The van der Waals surface area contributed by atoms with E-state index in [0.717, 1.165) is 44.9 Å². The van der Waals surface area contributed by atoms with Crippen LogP contribution in [0.25, 0.3) is 0 Å².